The van der Waals surface area contributed by atoms with E-state index in [1.807, 2.05) is 5.43 Å². The summed E-state index contributed by atoms with van der Waals surface area (Å²) >= 11 is 0. The Morgan fingerprint density at radius 2 is 2.22 bits per heavy atom. The van der Waals surface area contributed by atoms with Crippen molar-refractivity contribution in [3.05, 3.63) is 27.9 Å². The molecule has 96 valence electrons. The number of rotatable bonds is 4. The number of nitrogens with zero attached hydrogens (tertiary/aromatic N) is 3. The van der Waals surface area contributed by atoms with E-state index in [-0.39, 0.29) is 0 Å². The van der Waals surface area contributed by atoms with Gasteiger partial charge < -0.3 is 5.41 Å². The molecule has 1 aromatic rings. The van der Waals surface area contributed by atoms with Gasteiger partial charge in [-0.15, -0.1) is 0 Å². The second-order valence-corrected chi connectivity index (χ2v) is 2.90. The number of anilines is 1. The van der Waals surface area contributed by atoms with Crippen LogP contribution in [0.5, 0.6) is 0 Å². The lowest BCUT2D eigenvalue weighted by Gasteiger charge is -2.10. The van der Waals surface area contributed by atoms with Crippen molar-refractivity contribution in [1.29, 1.82) is 5.41 Å². The fourth-order valence-corrected chi connectivity index (χ4v) is 0.994. The van der Waals surface area contributed by atoms with Gasteiger partial charge in [-0.2, -0.15) is 18.3 Å². The lowest BCUT2D eigenvalue weighted by molar-refractivity contribution is -0.385. The predicted molar refractivity (Wildman–Crippen MR) is 56.8 cm³/mol. The van der Waals surface area contributed by atoms with Gasteiger partial charge in [0.2, 0.25) is 0 Å². The van der Waals surface area contributed by atoms with Gasteiger partial charge in [0, 0.05) is 12.3 Å². The molecule has 0 saturated carbocycles. The summed E-state index contributed by atoms with van der Waals surface area (Å²) in [6.45, 7) is 0. The normalized spacial score (nSPS) is 11.5. The van der Waals surface area contributed by atoms with Crippen molar-refractivity contribution in [2.24, 2.45) is 5.10 Å². The molecule has 0 aliphatic heterocycles. The van der Waals surface area contributed by atoms with Gasteiger partial charge in [0.1, 0.15) is 11.8 Å². The third-order valence-corrected chi connectivity index (χ3v) is 1.71. The maximum Gasteiger partial charge on any atom is 0.420 e. The van der Waals surface area contributed by atoms with Crippen molar-refractivity contribution in [3.8, 4) is 0 Å². The van der Waals surface area contributed by atoms with Crippen molar-refractivity contribution in [3.63, 3.8) is 0 Å². The van der Waals surface area contributed by atoms with Crippen LogP contribution in [0.15, 0.2) is 17.4 Å². The third kappa shape index (κ3) is 3.23. The molecule has 2 N–H and O–H groups in total. The van der Waals surface area contributed by atoms with Gasteiger partial charge in [0.05, 0.1) is 11.1 Å². The monoisotopic (exact) mass is 261 g/mol. The van der Waals surface area contributed by atoms with E-state index in [9.17, 15) is 23.3 Å². The average Bonchev–Trinajstić information content (AvgIpc) is 2.28. The molecule has 0 saturated heterocycles. The maximum atomic E-state index is 12.6. The molecule has 1 aromatic heterocycles. The highest BCUT2D eigenvalue weighted by molar-refractivity contribution is 6.14. The molecule has 1 heterocycles. The van der Waals surface area contributed by atoms with E-state index >= 15 is 0 Å². The highest BCUT2D eigenvalue weighted by Crippen LogP contribution is 2.35. The number of aromatic nitrogens is 1. The molecule has 0 radical (unpaired) electrons. The SMILES string of the molecule is N=C/C=N\Nc1ncc([N+](=O)[O-])cc1C(F)(F)F. The summed E-state index contributed by atoms with van der Waals surface area (Å²) in [5.74, 6) is -0.675. The first kappa shape index (κ1) is 13.5. The Morgan fingerprint density at radius 1 is 1.56 bits per heavy atom. The van der Waals surface area contributed by atoms with Crippen LogP contribution < -0.4 is 5.43 Å². The van der Waals surface area contributed by atoms with Crippen LogP contribution in [0.1, 0.15) is 5.56 Å². The van der Waals surface area contributed by atoms with Gasteiger partial charge in [-0.1, -0.05) is 0 Å². The number of halogens is 3. The quantitative estimate of drug-likeness (QED) is 0.491. The number of hydrogen-bond donors (Lipinski definition) is 2. The van der Waals surface area contributed by atoms with Gasteiger partial charge in [-0.05, 0) is 0 Å². The zero-order chi connectivity index (χ0) is 13.8. The van der Waals surface area contributed by atoms with Crippen LogP contribution in [-0.4, -0.2) is 22.3 Å². The lowest BCUT2D eigenvalue weighted by atomic mass is 10.2. The van der Waals surface area contributed by atoms with Gasteiger partial charge in [-0.3, -0.25) is 15.5 Å². The van der Waals surface area contributed by atoms with Crippen LogP contribution in [-0.2, 0) is 6.18 Å². The molecule has 0 bridgehead atoms. The topological polar surface area (TPSA) is 104 Å². The molecular weight excluding hydrogens is 255 g/mol. The Kier molecular flexibility index (Phi) is 3.92. The van der Waals surface area contributed by atoms with Crippen LogP contribution in [0.3, 0.4) is 0 Å². The Balaban J connectivity index is 3.21. The molecule has 7 nitrogen and oxygen atoms in total. The van der Waals surface area contributed by atoms with Crippen LogP contribution in [0.2, 0.25) is 0 Å². The molecule has 0 amide bonds. The van der Waals surface area contributed by atoms with Crippen molar-refractivity contribution < 1.29 is 18.1 Å². The van der Waals surface area contributed by atoms with Crippen molar-refractivity contribution in [2.45, 2.75) is 6.18 Å². The van der Waals surface area contributed by atoms with Crippen molar-refractivity contribution in [1.82, 2.24) is 4.98 Å². The smallest absolute Gasteiger partial charge is 0.307 e. The molecule has 0 aliphatic carbocycles. The lowest BCUT2D eigenvalue weighted by Crippen LogP contribution is -2.11. The molecule has 0 atom stereocenters. The van der Waals surface area contributed by atoms with Crippen molar-refractivity contribution >= 4 is 23.9 Å². The van der Waals surface area contributed by atoms with Gasteiger partial charge in [0.15, 0.2) is 5.82 Å². The van der Waals surface area contributed by atoms with Crippen LogP contribution in [0, 0.1) is 15.5 Å². The summed E-state index contributed by atoms with van der Waals surface area (Å²) in [5.41, 5.74) is -0.129. The fourth-order valence-electron chi connectivity index (χ4n) is 0.994. The summed E-state index contributed by atoms with van der Waals surface area (Å²) in [5, 5.41) is 20.2. The second kappa shape index (κ2) is 5.21. The molecule has 10 heteroatoms. The second-order valence-electron chi connectivity index (χ2n) is 2.90. The van der Waals surface area contributed by atoms with Crippen molar-refractivity contribution in [2.75, 3.05) is 5.43 Å². The highest BCUT2D eigenvalue weighted by Gasteiger charge is 2.36. The Hall–Kier alpha value is -2.52. The summed E-state index contributed by atoms with van der Waals surface area (Å²) < 4.78 is 37.8. The number of nitro groups is 1. The standard InChI is InChI=1S/C8H6F3N5O2/c9-8(10,11)6-3-5(16(17)18)4-13-7(6)15-14-2-1-12/h1-4,12H,(H,13,15)/b12-1?,14-2-. The number of nitrogens with one attached hydrogen (secondary N) is 2. The van der Waals surface area contributed by atoms with Crippen LogP contribution in [0.25, 0.3) is 0 Å². The number of pyridine rings is 1. The minimum Gasteiger partial charge on any atom is -0.307 e. The third-order valence-electron chi connectivity index (χ3n) is 1.71. The number of hydrazone groups is 1. The summed E-state index contributed by atoms with van der Waals surface area (Å²) in [6, 6.07) is 0.356. The molecule has 1 rings (SSSR count). The summed E-state index contributed by atoms with van der Waals surface area (Å²) in [6.07, 6.45) is -2.49. The van der Waals surface area contributed by atoms with E-state index in [0.717, 1.165) is 12.4 Å². The predicted octanol–water partition coefficient (Wildman–Crippen LogP) is 2.06. The van der Waals surface area contributed by atoms with E-state index < -0.39 is 28.2 Å². The minimum atomic E-state index is -4.80. The zero-order valence-corrected chi connectivity index (χ0v) is 8.60. The van der Waals surface area contributed by atoms with Gasteiger partial charge >= 0.3 is 6.18 Å². The molecular formula is C8H6F3N5O2. The Bertz CT molecular complexity index is 500. The first-order valence-corrected chi connectivity index (χ1v) is 4.36. The molecule has 0 fully saturated rings. The summed E-state index contributed by atoms with van der Waals surface area (Å²) in [4.78, 5) is 12.7. The molecule has 0 spiro atoms. The van der Waals surface area contributed by atoms with Gasteiger partial charge in [-0.25, -0.2) is 4.98 Å². The molecule has 0 unspecified atom stereocenters. The van der Waals surface area contributed by atoms with E-state index in [2.05, 4.69) is 10.1 Å². The van der Waals surface area contributed by atoms with E-state index in [0.29, 0.717) is 12.3 Å². The fraction of sp³-hybridized carbons (Fsp3) is 0.125. The van der Waals surface area contributed by atoms with Crippen LogP contribution >= 0.6 is 0 Å². The molecule has 0 aliphatic rings. The number of alkyl halides is 3. The van der Waals surface area contributed by atoms with Crippen LogP contribution in [0.4, 0.5) is 24.7 Å². The van der Waals surface area contributed by atoms with E-state index in [4.69, 9.17) is 5.41 Å². The largest absolute Gasteiger partial charge is 0.420 e. The number of hydrogen-bond acceptors (Lipinski definition) is 6. The zero-order valence-electron chi connectivity index (χ0n) is 8.60. The first-order valence-electron chi connectivity index (χ1n) is 4.36. The maximum absolute atomic E-state index is 12.6. The van der Waals surface area contributed by atoms with E-state index in [1.165, 1.54) is 0 Å². The highest BCUT2D eigenvalue weighted by atomic mass is 19.4. The molecule has 0 aromatic carbocycles. The average molecular weight is 261 g/mol. The van der Waals surface area contributed by atoms with Gasteiger partial charge in [0.25, 0.3) is 5.69 Å². The van der Waals surface area contributed by atoms with E-state index in [1.54, 1.807) is 0 Å². The Morgan fingerprint density at radius 3 is 2.72 bits per heavy atom. The Labute approximate surface area is 98.0 Å². The first-order chi connectivity index (χ1) is 8.36. The summed E-state index contributed by atoms with van der Waals surface area (Å²) in [7, 11) is 0. The molecule has 18 heavy (non-hydrogen) atoms. The minimum absolute atomic E-state index is 0.356.